The average molecular weight is 235 g/mol. The second-order valence-electron chi connectivity index (χ2n) is 5.17. The van der Waals surface area contributed by atoms with Crippen molar-refractivity contribution < 1.29 is 0 Å². The fourth-order valence-corrected chi connectivity index (χ4v) is 2.27. The van der Waals surface area contributed by atoms with Crippen LogP contribution in [-0.2, 0) is 6.54 Å². The molecule has 1 heterocycles. The van der Waals surface area contributed by atoms with Crippen LogP contribution >= 0.6 is 0 Å². The molecule has 17 heavy (non-hydrogen) atoms. The zero-order chi connectivity index (χ0) is 12.1. The first-order chi connectivity index (χ1) is 8.33. The molecule has 3 nitrogen and oxygen atoms in total. The Balaban J connectivity index is 1.72. The van der Waals surface area contributed by atoms with Gasteiger partial charge in [0, 0.05) is 12.7 Å². The summed E-state index contributed by atoms with van der Waals surface area (Å²) in [5.41, 5.74) is 1.17. The number of hydrogen-bond donors (Lipinski definition) is 1. The van der Waals surface area contributed by atoms with E-state index in [0.717, 1.165) is 31.8 Å². The first-order valence-electron chi connectivity index (χ1n) is 7.08. The highest BCUT2D eigenvalue weighted by Crippen LogP contribution is 2.31. The van der Waals surface area contributed by atoms with E-state index in [1.165, 1.54) is 25.0 Å². The van der Waals surface area contributed by atoms with Gasteiger partial charge in [0.2, 0.25) is 0 Å². The van der Waals surface area contributed by atoms with Gasteiger partial charge in [-0.2, -0.15) is 5.10 Å². The first-order valence-corrected chi connectivity index (χ1v) is 7.08. The minimum Gasteiger partial charge on any atom is -0.311 e. The molecule has 2 rings (SSSR count). The predicted molar refractivity (Wildman–Crippen MR) is 70.9 cm³/mol. The Kier molecular flexibility index (Phi) is 4.60. The van der Waals surface area contributed by atoms with E-state index in [1.807, 2.05) is 0 Å². The van der Waals surface area contributed by atoms with E-state index in [1.54, 1.807) is 0 Å². The molecule has 1 aliphatic carbocycles. The standard InChI is InChI=1S/C14H25N3/c1-3-14(4-2)17-10-8-13(16-17)11-15-9-7-12-5-6-12/h8,10,12,14-15H,3-7,9,11H2,1-2H3. The number of rotatable bonds is 8. The SMILES string of the molecule is CCC(CC)n1ccc(CNCCC2CC2)n1. The fourth-order valence-electron chi connectivity index (χ4n) is 2.27. The zero-order valence-electron chi connectivity index (χ0n) is 11.2. The minimum atomic E-state index is 0.565. The van der Waals surface area contributed by atoms with E-state index in [4.69, 9.17) is 0 Å². The third kappa shape index (κ3) is 3.84. The van der Waals surface area contributed by atoms with Crippen LogP contribution in [0.1, 0.15) is 57.7 Å². The Morgan fingerprint density at radius 3 is 2.82 bits per heavy atom. The Morgan fingerprint density at radius 2 is 2.18 bits per heavy atom. The molecule has 1 aromatic rings. The van der Waals surface area contributed by atoms with Gasteiger partial charge < -0.3 is 5.32 Å². The van der Waals surface area contributed by atoms with Gasteiger partial charge >= 0.3 is 0 Å². The van der Waals surface area contributed by atoms with E-state index in [0.29, 0.717) is 6.04 Å². The largest absolute Gasteiger partial charge is 0.311 e. The molecule has 1 aromatic heterocycles. The third-order valence-corrected chi connectivity index (χ3v) is 3.71. The lowest BCUT2D eigenvalue weighted by atomic mass is 10.2. The number of nitrogens with one attached hydrogen (secondary N) is 1. The van der Waals surface area contributed by atoms with Crippen molar-refractivity contribution >= 4 is 0 Å². The molecule has 96 valence electrons. The molecule has 0 aliphatic heterocycles. The van der Waals surface area contributed by atoms with Crippen molar-refractivity contribution in [3.8, 4) is 0 Å². The average Bonchev–Trinajstić information content (AvgIpc) is 3.06. The third-order valence-electron chi connectivity index (χ3n) is 3.71. The van der Waals surface area contributed by atoms with Crippen molar-refractivity contribution in [1.29, 1.82) is 0 Å². The lowest BCUT2D eigenvalue weighted by molar-refractivity contribution is 0.424. The normalized spacial score (nSPS) is 15.7. The van der Waals surface area contributed by atoms with Crippen LogP contribution in [0, 0.1) is 5.92 Å². The minimum absolute atomic E-state index is 0.565. The van der Waals surface area contributed by atoms with Gasteiger partial charge in [0.15, 0.2) is 0 Å². The van der Waals surface area contributed by atoms with Gasteiger partial charge in [0.1, 0.15) is 0 Å². The highest BCUT2D eigenvalue weighted by Gasteiger charge is 2.19. The van der Waals surface area contributed by atoms with Crippen molar-refractivity contribution in [2.75, 3.05) is 6.54 Å². The smallest absolute Gasteiger partial charge is 0.0762 e. The van der Waals surface area contributed by atoms with Crippen LogP contribution < -0.4 is 5.32 Å². The molecular weight excluding hydrogens is 210 g/mol. The van der Waals surface area contributed by atoms with Gasteiger partial charge in [-0.3, -0.25) is 4.68 Å². The van der Waals surface area contributed by atoms with Gasteiger partial charge in [0.05, 0.1) is 11.7 Å². The highest BCUT2D eigenvalue weighted by atomic mass is 15.3. The molecule has 0 radical (unpaired) electrons. The summed E-state index contributed by atoms with van der Waals surface area (Å²) < 4.78 is 2.12. The molecular formula is C14H25N3. The molecule has 0 aromatic carbocycles. The van der Waals surface area contributed by atoms with Gasteiger partial charge in [-0.1, -0.05) is 26.7 Å². The second-order valence-corrected chi connectivity index (χ2v) is 5.17. The maximum atomic E-state index is 4.64. The van der Waals surface area contributed by atoms with Gasteiger partial charge in [-0.25, -0.2) is 0 Å². The number of aromatic nitrogens is 2. The van der Waals surface area contributed by atoms with Gasteiger partial charge in [-0.05, 0) is 37.8 Å². The van der Waals surface area contributed by atoms with E-state index in [2.05, 4.69) is 41.2 Å². The Morgan fingerprint density at radius 1 is 1.41 bits per heavy atom. The lowest BCUT2D eigenvalue weighted by Gasteiger charge is -2.12. The van der Waals surface area contributed by atoms with Crippen LogP contribution in [-0.4, -0.2) is 16.3 Å². The summed E-state index contributed by atoms with van der Waals surface area (Å²) in [6, 6.07) is 2.71. The molecule has 1 fully saturated rings. The van der Waals surface area contributed by atoms with Crippen molar-refractivity contribution in [2.45, 2.75) is 58.5 Å². The Bertz CT molecular complexity index is 324. The summed E-state index contributed by atoms with van der Waals surface area (Å²) >= 11 is 0. The van der Waals surface area contributed by atoms with Crippen molar-refractivity contribution in [3.05, 3.63) is 18.0 Å². The van der Waals surface area contributed by atoms with Crippen molar-refractivity contribution in [1.82, 2.24) is 15.1 Å². The quantitative estimate of drug-likeness (QED) is 0.702. The van der Waals surface area contributed by atoms with Crippen molar-refractivity contribution in [2.24, 2.45) is 5.92 Å². The number of nitrogens with zero attached hydrogens (tertiary/aromatic N) is 2. The Labute approximate surface area is 105 Å². The molecule has 0 spiro atoms. The summed E-state index contributed by atoms with van der Waals surface area (Å²) in [6.45, 7) is 6.51. The molecule has 0 saturated heterocycles. The molecule has 3 heteroatoms. The first kappa shape index (κ1) is 12.6. The van der Waals surface area contributed by atoms with E-state index in [-0.39, 0.29) is 0 Å². The van der Waals surface area contributed by atoms with E-state index >= 15 is 0 Å². The van der Waals surface area contributed by atoms with E-state index in [9.17, 15) is 0 Å². The predicted octanol–water partition coefficient (Wildman–Crippen LogP) is 3.13. The maximum absolute atomic E-state index is 4.64. The zero-order valence-corrected chi connectivity index (χ0v) is 11.2. The summed E-state index contributed by atoms with van der Waals surface area (Å²) in [7, 11) is 0. The van der Waals surface area contributed by atoms with Crippen LogP contribution in [0.5, 0.6) is 0 Å². The van der Waals surface area contributed by atoms with Crippen LogP contribution in [0.15, 0.2) is 12.3 Å². The molecule has 0 amide bonds. The fraction of sp³-hybridized carbons (Fsp3) is 0.786. The molecule has 0 unspecified atom stereocenters. The molecule has 1 N–H and O–H groups in total. The van der Waals surface area contributed by atoms with Crippen LogP contribution in [0.25, 0.3) is 0 Å². The maximum Gasteiger partial charge on any atom is 0.0762 e. The lowest BCUT2D eigenvalue weighted by Crippen LogP contribution is -2.16. The second kappa shape index (κ2) is 6.20. The van der Waals surface area contributed by atoms with Crippen molar-refractivity contribution in [3.63, 3.8) is 0 Å². The van der Waals surface area contributed by atoms with E-state index < -0.39 is 0 Å². The van der Waals surface area contributed by atoms with Gasteiger partial charge in [0.25, 0.3) is 0 Å². The van der Waals surface area contributed by atoms with Crippen LogP contribution in [0.2, 0.25) is 0 Å². The topological polar surface area (TPSA) is 29.9 Å². The monoisotopic (exact) mass is 235 g/mol. The summed E-state index contributed by atoms with van der Waals surface area (Å²) in [4.78, 5) is 0. The van der Waals surface area contributed by atoms with Crippen LogP contribution in [0.3, 0.4) is 0 Å². The van der Waals surface area contributed by atoms with Gasteiger partial charge in [-0.15, -0.1) is 0 Å². The molecule has 0 bridgehead atoms. The summed E-state index contributed by atoms with van der Waals surface area (Å²) in [6.07, 6.45) is 8.68. The van der Waals surface area contributed by atoms with Crippen LogP contribution in [0.4, 0.5) is 0 Å². The molecule has 1 aliphatic rings. The number of hydrogen-bond acceptors (Lipinski definition) is 2. The summed E-state index contributed by atoms with van der Waals surface area (Å²) in [5.74, 6) is 1.02. The molecule has 0 atom stereocenters. The highest BCUT2D eigenvalue weighted by molar-refractivity contribution is 4.99. The summed E-state index contributed by atoms with van der Waals surface area (Å²) in [5, 5.41) is 8.12. The molecule has 1 saturated carbocycles. The Hall–Kier alpha value is -0.830.